The summed E-state index contributed by atoms with van der Waals surface area (Å²) in [4.78, 5) is 0. The van der Waals surface area contributed by atoms with Gasteiger partial charge in [-0.25, -0.2) is 0 Å². The molecule has 25 heavy (non-hydrogen) atoms. The standard InChI is InChI=1S/C22H22O3/c1-4-10-19(11-5-1)16-24-22(18-23-21-14-8-3-9-15-21)25-17-20-12-6-2-7-13-20/h1-15,22H,16-18H2. The topological polar surface area (TPSA) is 27.7 Å². The molecule has 0 aliphatic carbocycles. The molecule has 0 unspecified atom stereocenters. The Labute approximate surface area is 148 Å². The highest BCUT2D eigenvalue weighted by Crippen LogP contribution is 2.12. The van der Waals surface area contributed by atoms with Crippen LogP contribution in [-0.4, -0.2) is 12.9 Å². The molecule has 0 spiro atoms. The summed E-state index contributed by atoms with van der Waals surface area (Å²) < 4.78 is 17.6. The average molecular weight is 334 g/mol. The van der Waals surface area contributed by atoms with Crippen LogP contribution in [-0.2, 0) is 22.7 Å². The van der Waals surface area contributed by atoms with Gasteiger partial charge in [-0.1, -0.05) is 78.9 Å². The summed E-state index contributed by atoms with van der Waals surface area (Å²) in [5.41, 5.74) is 2.21. The van der Waals surface area contributed by atoms with Gasteiger partial charge in [0.15, 0.2) is 6.29 Å². The zero-order chi connectivity index (χ0) is 17.2. The van der Waals surface area contributed by atoms with Crippen LogP contribution in [0.15, 0.2) is 91.0 Å². The van der Waals surface area contributed by atoms with Gasteiger partial charge in [0.25, 0.3) is 0 Å². The number of ether oxygens (including phenoxy) is 3. The molecular weight excluding hydrogens is 312 g/mol. The molecule has 3 aromatic carbocycles. The Bertz CT molecular complexity index is 611. The van der Waals surface area contributed by atoms with Crippen LogP contribution in [0, 0.1) is 0 Å². The summed E-state index contributed by atoms with van der Waals surface area (Å²) in [6.45, 7) is 1.31. The van der Waals surface area contributed by atoms with Crippen LogP contribution < -0.4 is 4.74 Å². The maximum absolute atomic E-state index is 5.92. The largest absolute Gasteiger partial charge is 0.488 e. The minimum atomic E-state index is -0.444. The van der Waals surface area contributed by atoms with Crippen molar-refractivity contribution in [2.45, 2.75) is 19.5 Å². The Balaban J connectivity index is 1.56. The van der Waals surface area contributed by atoms with Crippen molar-refractivity contribution in [1.82, 2.24) is 0 Å². The number of para-hydroxylation sites is 1. The van der Waals surface area contributed by atoms with Crippen LogP contribution in [0.3, 0.4) is 0 Å². The third kappa shape index (κ3) is 6.07. The molecule has 0 fully saturated rings. The zero-order valence-electron chi connectivity index (χ0n) is 14.1. The van der Waals surface area contributed by atoms with E-state index in [1.807, 2.05) is 91.0 Å². The molecule has 0 heterocycles. The molecule has 0 saturated carbocycles. The number of rotatable bonds is 9. The molecular formula is C22H22O3. The van der Waals surface area contributed by atoms with Gasteiger partial charge < -0.3 is 14.2 Å². The van der Waals surface area contributed by atoms with Crippen LogP contribution in [0.1, 0.15) is 11.1 Å². The highest BCUT2D eigenvalue weighted by molar-refractivity contribution is 5.21. The van der Waals surface area contributed by atoms with E-state index < -0.39 is 6.29 Å². The lowest BCUT2D eigenvalue weighted by Gasteiger charge is -2.19. The highest BCUT2D eigenvalue weighted by Gasteiger charge is 2.12. The van der Waals surface area contributed by atoms with Gasteiger partial charge in [-0.3, -0.25) is 0 Å². The van der Waals surface area contributed by atoms with Crippen molar-refractivity contribution in [2.24, 2.45) is 0 Å². The van der Waals surface area contributed by atoms with Crippen molar-refractivity contribution < 1.29 is 14.2 Å². The second-order valence-electron chi connectivity index (χ2n) is 5.65. The average Bonchev–Trinajstić information content (AvgIpc) is 2.70. The third-order valence-electron chi connectivity index (χ3n) is 3.69. The van der Waals surface area contributed by atoms with Gasteiger partial charge in [0.2, 0.25) is 0 Å². The summed E-state index contributed by atoms with van der Waals surface area (Å²) in [5.74, 6) is 0.805. The van der Waals surface area contributed by atoms with E-state index >= 15 is 0 Å². The van der Waals surface area contributed by atoms with Crippen molar-refractivity contribution in [3.8, 4) is 5.75 Å². The van der Waals surface area contributed by atoms with Crippen molar-refractivity contribution in [2.75, 3.05) is 6.61 Å². The quantitative estimate of drug-likeness (QED) is 0.525. The first kappa shape index (κ1) is 17.2. The second-order valence-corrected chi connectivity index (χ2v) is 5.65. The Morgan fingerprint density at radius 2 is 1.00 bits per heavy atom. The minimum Gasteiger partial charge on any atom is -0.488 e. The lowest BCUT2D eigenvalue weighted by molar-refractivity contribution is -0.171. The fourth-order valence-electron chi connectivity index (χ4n) is 2.35. The van der Waals surface area contributed by atoms with Gasteiger partial charge in [0.1, 0.15) is 12.4 Å². The Kier molecular flexibility index (Phi) is 6.62. The summed E-state index contributed by atoms with van der Waals surface area (Å²) in [6, 6.07) is 29.8. The maximum Gasteiger partial charge on any atom is 0.192 e. The molecule has 0 saturated heterocycles. The van der Waals surface area contributed by atoms with Crippen molar-refractivity contribution >= 4 is 0 Å². The SMILES string of the molecule is c1ccc(COC(COc2ccccc2)OCc2ccccc2)cc1. The smallest absolute Gasteiger partial charge is 0.192 e. The summed E-state index contributed by atoms with van der Waals surface area (Å²) >= 11 is 0. The lowest BCUT2D eigenvalue weighted by Crippen LogP contribution is -2.25. The second kappa shape index (κ2) is 9.62. The van der Waals surface area contributed by atoms with E-state index in [0.29, 0.717) is 19.8 Å². The zero-order valence-corrected chi connectivity index (χ0v) is 14.1. The molecule has 0 aliphatic rings. The van der Waals surface area contributed by atoms with Gasteiger partial charge >= 0.3 is 0 Å². The highest BCUT2D eigenvalue weighted by atomic mass is 16.7. The summed E-state index contributed by atoms with van der Waals surface area (Å²) in [7, 11) is 0. The molecule has 3 heteroatoms. The Hall–Kier alpha value is -2.62. The molecule has 0 aromatic heterocycles. The van der Waals surface area contributed by atoms with Crippen LogP contribution >= 0.6 is 0 Å². The van der Waals surface area contributed by atoms with Gasteiger partial charge in [-0.05, 0) is 23.3 Å². The molecule has 3 aromatic rings. The van der Waals surface area contributed by atoms with Crippen molar-refractivity contribution in [3.63, 3.8) is 0 Å². The first-order valence-electron chi connectivity index (χ1n) is 8.39. The van der Waals surface area contributed by atoms with E-state index in [4.69, 9.17) is 14.2 Å². The fraction of sp³-hybridized carbons (Fsp3) is 0.182. The van der Waals surface area contributed by atoms with Gasteiger partial charge in [0, 0.05) is 0 Å². The molecule has 3 nitrogen and oxygen atoms in total. The van der Waals surface area contributed by atoms with Crippen LogP contribution in [0.5, 0.6) is 5.75 Å². The predicted octanol–water partition coefficient (Wildman–Crippen LogP) is 4.83. The van der Waals surface area contributed by atoms with E-state index in [1.54, 1.807) is 0 Å². The first-order chi connectivity index (χ1) is 12.4. The Morgan fingerprint density at radius 3 is 1.48 bits per heavy atom. The summed E-state index contributed by atoms with van der Waals surface area (Å²) in [5, 5.41) is 0. The number of hydrogen-bond acceptors (Lipinski definition) is 3. The predicted molar refractivity (Wildman–Crippen MR) is 98.2 cm³/mol. The van der Waals surface area contributed by atoms with Gasteiger partial charge in [-0.15, -0.1) is 0 Å². The summed E-state index contributed by atoms with van der Waals surface area (Å²) in [6.07, 6.45) is -0.444. The molecule has 0 bridgehead atoms. The molecule has 0 amide bonds. The van der Waals surface area contributed by atoms with Crippen LogP contribution in [0.25, 0.3) is 0 Å². The molecule has 0 radical (unpaired) electrons. The lowest BCUT2D eigenvalue weighted by atomic mass is 10.2. The first-order valence-corrected chi connectivity index (χ1v) is 8.39. The van der Waals surface area contributed by atoms with Crippen molar-refractivity contribution in [1.29, 1.82) is 0 Å². The fourth-order valence-corrected chi connectivity index (χ4v) is 2.35. The van der Waals surface area contributed by atoms with Gasteiger partial charge in [0.05, 0.1) is 13.2 Å². The molecule has 128 valence electrons. The maximum atomic E-state index is 5.92. The van der Waals surface area contributed by atoms with Crippen LogP contribution in [0.2, 0.25) is 0 Å². The molecule has 0 atom stereocenters. The van der Waals surface area contributed by atoms with E-state index in [-0.39, 0.29) is 0 Å². The van der Waals surface area contributed by atoms with Gasteiger partial charge in [-0.2, -0.15) is 0 Å². The molecule has 0 aliphatic heterocycles. The van der Waals surface area contributed by atoms with E-state index in [0.717, 1.165) is 16.9 Å². The van der Waals surface area contributed by atoms with E-state index in [1.165, 1.54) is 0 Å². The molecule has 0 N–H and O–H groups in total. The number of benzene rings is 3. The molecule has 3 rings (SSSR count). The normalized spacial score (nSPS) is 10.8. The Morgan fingerprint density at radius 1 is 0.560 bits per heavy atom. The monoisotopic (exact) mass is 334 g/mol. The third-order valence-corrected chi connectivity index (χ3v) is 3.69. The van der Waals surface area contributed by atoms with Crippen LogP contribution in [0.4, 0.5) is 0 Å². The van der Waals surface area contributed by atoms with E-state index in [2.05, 4.69) is 0 Å². The number of hydrogen-bond donors (Lipinski definition) is 0. The van der Waals surface area contributed by atoms with E-state index in [9.17, 15) is 0 Å². The van der Waals surface area contributed by atoms with Crippen molar-refractivity contribution in [3.05, 3.63) is 102 Å². The minimum absolute atomic E-state index is 0.337.